The number of aryl methyl sites for hydroxylation is 2. The summed E-state index contributed by atoms with van der Waals surface area (Å²) in [6.07, 6.45) is 2.26. The summed E-state index contributed by atoms with van der Waals surface area (Å²) in [5.74, 6) is 0. The molecule has 2 aliphatic rings. The molecule has 2 aliphatic heterocycles. The molecule has 0 bridgehead atoms. The third-order valence-corrected chi connectivity index (χ3v) is 16.7. The fraction of sp³-hybridized carbons (Fsp3) is 0.182. The third kappa shape index (κ3) is 2.52. The monoisotopic (exact) mass is 441 g/mol. The van der Waals surface area contributed by atoms with Crippen molar-refractivity contribution in [2.24, 2.45) is 0 Å². The van der Waals surface area contributed by atoms with Crippen LogP contribution in [-0.2, 0) is 12.8 Å². The van der Waals surface area contributed by atoms with E-state index in [2.05, 4.69) is 58.5 Å². The van der Waals surface area contributed by atoms with Gasteiger partial charge in [-0.25, -0.2) is 0 Å². The van der Waals surface area contributed by atoms with E-state index in [4.69, 9.17) is 23.2 Å². The molecule has 0 saturated carbocycles. The van der Waals surface area contributed by atoms with Crippen LogP contribution in [0.5, 0.6) is 0 Å². The molecule has 0 amide bonds. The number of fused-ring (bicyclic) bond motifs is 5. The summed E-state index contributed by atoms with van der Waals surface area (Å²) < 4.78 is 4.31. The molecule has 5 rings (SSSR count). The van der Waals surface area contributed by atoms with Gasteiger partial charge >= 0.3 is 168 Å². The van der Waals surface area contributed by atoms with Gasteiger partial charge in [0.2, 0.25) is 0 Å². The van der Waals surface area contributed by atoms with E-state index in [1.54, 1.807) is 4.40 Å². The van der Waals surface area contributed by atoms with Crippen LogP contribution >= 0.6 is 23.2 Å². The number of anilines is 2. The van der Waals surface area contributed by atoms with Gasteiger partial charge in [-0.1, -0.05) is 0 Å². The van der Waals surface area contributed by atoms with Gasteiger partial charge in [-0.3, -0.25) is 0 Å². The molecule has 0 radical (unpaired) electrons. The third-order valence-electron chi connectivity index (χ3n) is 5.92. The molecule has 2 heterocycles. The van der Waals surface area contributed by atoms with Crippen LogP contribution in [0.3, 0.4) is 0 Å². The fourth-order valence-electron chi connectivity index (χ4n) is 4.73. The standard InChI is InChI=1S/C22H19Cl2GeN/c23-18-6-8-21-16(14-18)10-12-25(20-4-2-1-3-5-20)13-11-17-15-19(24)7-9-22(17)26(21)25/h1-9,14-15H,10-13H2. The van der Waals surface area contributed by atoms with E-state index in [-0.39, 0.29) is 0 Å². The van der Waals surface area contributed by atoms with Crippen molar-refractivity contribution in [3.05, 3.63) is 87.9 Å². The minimum atomic E-state index is -2.51. The van der Waals surface area contributed by atoms with Gasteiger partial charge in [0, 0.05) is 0 Å². The van der Waals surface area contributed by atoms with E-state index >= 15 is 0 Å². The zero-order valence-corrected chi connectivity index (χ0v) is 18.0. The molecule has 1 nitrogen and oxygen atoms in total. The number of hydrogen-bond donors (Lipinski definition) is 0. The molecule has 0 N–H and O–H groups in total. The van der Waals surface area contributed by atoms with Gasteiger partial charge in [-0.2, -0.15) is 0 Å². The average molecular weight is 441 g/mol. The Morgan fingerprint density at radius 2 is 1.23 bits per heavy atom. The van der Waals surface area contributed by atoms with Gasteiger partial charge < -0.3 is 0 Å². The molecule has 0 spiro atoms. The first-order chi connectivity index (χ1) is 12.7. The van der Waals surface area contributed by atoms with Crippen molar-refractivity contribution in [1.82, 2.24) is 0 Å². The van der Waals surface area contributed by atoms with Crippen molar-refractivity contribution in [1.29, 1.82) is 0 Å². The fourth-order valence-corrected chi connectivity index (χ4v) is 15.8. The van der Waals surface area contributed by atoms with Crippen molar-refractivity contribution < 1.29 is 0 Å². The van der Waals surface area contributed by atoms with E-state index < -0.39 is 13.5 Å². The topological polar surface area (TPSA) is 3.24 Å². The van der Waals surface area contributed by atoms with Crippen LogP contribution in [0.2, 0.25) is 20.6 Å². The quantitative estimate of drug-likeness (QED) is 0.413. The van der Waals surface area contributed by atoms with Crippen LogP contribution < -0.4 is 8.25 Å². The Balaban J connectivity index is 1.78. The normalized spacial score (nSPS) is 17.2. The Labute approximate surface area is 167 Å². The number of halogens is 2. The molecule has 0 unspecified atom stereocenters. The van der Waals surface area contributed by atoms with Gasteiger partial charge in [-0.05, 0) is 0 Å². The second-order valence-corrected chi connectivity index (χ2v) is 16.7. The van der Waals surface area contributed by atoms with Crippen LogP contribution in [0.25, 0.3) is 0 Å². The van der Waals surface area contributed by atoms with E-state index in [0.717, 1.165) is 22.9 Å². The molecule has 0 atom stereocenters. The zero-order chi connectivity index (χ0) is 17.7. The van der Waals surface area contributed by atoms with Crippen molar-refractivity contribution >= 4 is 52.5 Å². The van der Waals surface area contributed by atoms with E-state index in [9.17, 15) is 0 Å². The van der Waals surface area contributed by atoms with Gasteiger partial charge in [0.05, 0.1) is 0 Å². The van der Waals surface area contributed by atoms with Gasteiger partial charge in [0.1, 0.15) is 0 Å². The maximum absolute atomic E-state index is 6.30. The number of nitrogens with zero attached hydrogens (tertiary/aromatic N) is 1. The number of rotatable bonds is 1. The molecule has 3 aromatic carbocycles. The summed E-state index contributed by atoms with van der Waals surface area (Å²) in [6.45, 7) is 0. The second-order valence-electron chi connectivity index (χ2n) is 7.28. The van der Waals surface area contributed by atoms with Crippen molar-refractivity contribution in [2.45, 2.75) is 23.3 Å². The predicted molar refractivity (Wildman–Crippen MR) is 114 cm³/mol. The SMILES string of the molecule is Clc1ccc2c(c1)C[CH2][Ge]1([c]3ccccc3)[CH2]Cc3cc(Cl)ccc3[N]21. The zero-order valence-electron chi connectivity index (χ0n) is 14.4. The Hall–Kier alpha value is -1.42. The Morgan fingerprint density at radius 1 is 0.692 bits per heavy atom. The molecular weight excluding hydrogens is 422 g/mol. The summed E-state index contributed by atoms with van der Waals surface area (Å²) >= 11 is 10.1. The Bertz CT molecular complexity index is 929. The minimum absolute atomic E-state index is 0.830. The van der Waals surface area contributed by atoms with Crippen LogP contribution in [-0.4, -0.2) is 13.5 Å². The number of hydrogen-bond acceptors (Lipinski definition) is 1. The van der Waals surface area contributed by atoms with Crippen LogP contribution in [0, 0.1) is 0 Å². The first-order valence-electron chi connectivity index (χ1n) is 9.10. The first kappa shape index (κ1) is 16.7. The molecule has 130 valence electrons. The van der Waals surface area contributed by atoms with Crippen molar-refractivity contribution in [3.63, 3.8) is 0 Å². The Kier molecular flexibility index (Phi) is 4.08. The van der Waals surface area contributed by atoms with Crippen LogP contribution in [0.1, 0.15) is 11.1 Å². The second kappa shape index (κ2) is 6.33. The van der Waals surface area contributed by atoms with E-state index in [1.807, 2.05) is 12.1 Å². The molecule has 26 heavy (non-hydrogen) atoms. The summed E-state index contributed by atoms with van der Waals surface area (Å²) in [6, 6.07) is 24.1. The van der Waals surface area contributed by atoms with Crippen LogP contribution in [0.15, 0.2) is 66.7 Å². The summed E-state index contributed by atoms with van der Waals surface area (Å²) in [7, 11) is 0. The van der Waals surface area contributed by atoms with Crippen molar-refractivity contribution in [3.8, 4) is 0 Å². The molecule has 0 aromatic heterocycles. The first-order valence-corrected chi connectivity index (χ1v) is 14.8. The number of benzene rings is 3. The molecule has 3 aromatic rings. The van der Waals surface area contributed by atoms with Gasteiger partial charge in [0.15, 0.2) is 0 Å². The summed E-state index contributed by atoms with van der Waals surface area (Å²) in [4.78, 5) is 0. The van der Waals surface area contributed by atoms with Crippen LogP contribution in [0.4, 0.5) is 11.4 Å². The molecule has 0 saturated heterocycles. The summed E-state index contributed by atoms with van der Waals surface area (Å²) in [5.41, 5.74) is 5.45. The molecule has 4 heteroatoms. The summed E-state index contributed by atoms with van der Waals surface area (Å²) in [5, 5.41) is 4.22. The Morgan fingerprint density at radius 3 is 1.77 bits per heavy atom. The van der Waals surface area contributed by atoms with E-state index in [0.29, 0.717) is 0 Å². The van der Waals surface area contributed by atoms with Gasteiger partial charge in [0.25, 0.3) is 0 Å². The van der Waals surface area contributed by atoms with E-state index in [1.165, 1.54) is 33.0 Å². The van der Waals surface area contributed by atoms with Gasteiger partial charge in [-0.15, -0.1) is 0 Å². The maximum atomic E-state index is 6.30. The van der Waals surface area contributed by atoms with Crippen molar-refractivity contribution in [2.75, 3.05) is 3.86 Å². The average Bonchev–Trinajstić information content (AvgIpc) is 2.67. The predicted octanol–water partition coefficient (Wildman–Crippen LogP) is 6.10. The molecular formula is C22H19Cl2GeN. The molecule has 0 aliphatic carbocycles. The molecule has 0 fully saturated rings.